The molecular formula is C14H19N3O2S. The van der Waals surface area contributed by atoms with Crippen LogP contribution < -0.4 is 15.8 Å². The van der Waals surface area contributed by atoms with E-state index < -0.39 is 0 Å². The number of amides is 1. The maximum atomic E-state index is 12.2. The number of nitrogen functional groups attached to an aromatic ring is 1. The summed E-state index contributed by atoms with van der Waals surface area (Å²) < 4.78 is 6.26. The third-order valence-electron chi connectivity index (χ3n) is 2.98. The summed E-state index contributed by atoms with van der Waals surface area (Å²) in [5.41, 5.74) is 6.60. The summed E-state index contributed by atoms with van der Waals surface area (Å²) in [5.74, 6) is 0.566. The van der Waals surface area contributed by atoms with Gasteiger partial charge in [0.15, 0.2) is 0 Å². The summed E-state index contributed by atoms with van der Waals surface area (Å²) in [6.07, 6.45) is 0. The molecule has 20 heavy (non-hydrogen) atoms. The van der Waals surface area contributed by atoms with Crippen LogP contribution in [0.15, 0.2) is 18.2 Å². The average Bonchev–Trinajstić information content (AvgIpc) is 2.76. The lowest BCUT2D eigenvalue weighted by Gasteiger charge is -2.10. The van der Waals surface area contributed by atoms with E-state index in [0.29, 0.717) is 22.9 Å². The largest absolute Gasteiger partial charge is 0.496 e. The number of thiophene rings is 1. The van der Waals surface area contributed by atoms with Gasteiger partial charge < -0.3 is 20.7 Å². The van der Waals surface area contributed by atoms with Crippen LogP contribution in [0, 0.1) is 0 Å². The molecule has 1 heterocycles. The number of carbonyl (C=O) groups excluding carboxylic acids is 1. The molecule has 0 atom stereocenters. The van der Waals surface area contributed by atoms with Crippen molar-refractivity contribution >= 4 is 33.0 Å². The molecular weight excluding hydrogens is 274 g/mol. The van der Waals surface area contributed by atoms with E-state index >= 15 is 0 Å². The molecule has 0 saturated carbocycles. The first-order chi connectivity index (χ1) is 9.54. The fourth-order valence-corrected chi connectivity index (χ4v) is 3.01. The van der Waals surface area contributed by atoms with E-state index in [4.69, 9.17) is 10.5 Å². The molecule has 2 aromatic rings. The molecule has 0 radical (unpaired) electrons. The Kier molecular flexibility index (Phi) is 4.46. The number of likely N-dealkylation sites (N-methyl/N-ethyl adjacent to an activating group) is 1. The maximum Gasteiger partial charge on any atom is 0.263 e. The van der Waals surface area contributed by atoms with Gasteiger partial charge in [-0.2, -0.15) is 0 Å². The van der Waals surface area contributed by atoms with E-state index in [-0.39, 0.29) is 5.91 Å². The number of nitrogens with two attached hydrogens (primary N) is 1. The van der Waals surface area contributed by atoms with Crippen LogP contribution in [0.25, 0.3) is 10.1 Å². The van der Waals surface area contributed by atoms with Crippen LogP contribution in [0.3, 0.4) is 0 Å². The van der Waals surface area contributed by atoms with Crippen molar-refractivity contribution in [1.82, 2.24) is 10.2 Å². The van der Waals surface area contributed by atoms with Gasteiger partial charge in [0, 0.05) is 17.8 Å². The van der Waals surface area contributed by atoms with E-state index in [1.54, 1.807) is 7.11 Å². The Balaban J connectivity index is 2.26. The monoisotopic (exact) mass is 293 g/mol. The highest BCUT2D eigenvalue weighted by Crippen LogP contribution is 2.39. The second-order valence-electron chi connectivity index (χ2n) is 4.74. The smallest absolute Gasteiger partial charge is 0.263 e. The first-order valence-electron chi connectivity index (χ1n) is 6.32. The number of hydrogen-bond donors (Lipinski definition) is 2. The summed E-state index contributed by atoms with van der Waals surface area (Å²) in [5, 5.41) is 3.70. The van der Waals surface area contributed by atoms with Crippen LogP contribution in [0.2, 0.25) is 0 Å². The highest BCUT2D eigenvalue weighted by atomic mass is 32.1. The Bertz CT molecular complexity index is 622. The second kappa shape index (κ2) is 6.11. The minimum Gasteiger partial charge on any atom is -0.496 e. The molecule has 0 bridgehead atoms. The lowest BCUT2D eigenvalue weighted by Crippen LogP contribution is -2.31. The van der Waals surface area contributed by atoms with Crippen molar-refractivity contribution in [1.29, 1.82) is 0 Å². The van der Waals surface area contributed by atoms with Crippen LogP contribution >= 0.6 is 11.3 Å². The number of fused-ring (bicyclic) bond motifs is 1. The molecule has 108 valence electrons. The fraction of sp³-hybridized carbons (Fsp3) is 0.357. The van der Waals surface area contributed by atoms with Gasteiger partial charge in [0.2, 0.25) is 0 Å². The molecule has 0 fully saturated rings. The molecule has 5 nitrogen and oxygen atoms in total. The predicted octanol–water partition coefficient (Wildman–Crippen LogP) is 1.78. The van der Waals surface area contributed by atoms with Crippen molar-refractivity contribution in [3.8, 4) is 5.75 Å². The maximum absolute atomic E-state index is 12.2. The Morgan fingerprint density at radius 1 is 1.45 bits per heavy atom. The van der Waals surface area contributed by atoms with Gasteiger partial charge in [0.05, 0.1) is 18.2 Å². The van der Waals surface area contributed by atoms with Crippen LogP contribution in [0.5, 0.6) is 5.75 Å². The second-order valence-corrected chi connectivity index (χ2v) is 5.79. The normalized spacial score (nSPS) is 11.0. The van der Waals surface area contributed by atoms with Crippen molar-refractivity contribution in [2.75, 3.05) is 40.0 Å². The van der Waals surface area contributed by atoms with Crippen LogP contribution in [0.1, 0.15) is 9.67 Å². The van der Waals surface area contributed by atoms with Crippen molar-refractivity contribution in [3.63, 3.8) is 0 Å². The van der Waals surface area contributed by atoms with Crippen LogP contribution in [0.4, 0.5) is 5.69 Å². The number of hydrogen-bond acceptors (Lipinski definition) is 5. The van der Waals surface area contributed by atoms with Gasteiger partial charge >= 0.3 is 0 Å². The summed E-state index contributed by atoms with van der Waals surface area (Å²) in [6.45, 7) is 1.39. The first kappa shape index (κ1) is 14.6. The molecule has 0 aliphatic carbocycles. The third kappa shape index (κ3) is 2.86. The fourth-order valence-electron chi connectivity index (χ4n) is 1.95. The minimum absolute atomic E-state index is 0.132. The SMILES string of the molecule is COc1cccc2sc(C(=O)NCCN(C)C)c(N)c12. The molecule has 2 rings (SSSR count). The number of nitrogens with zero attached hydrogens (tertiary/aromatic N) is 1. The quantitative estimate of drug-likeness (QED) is 0.882. The molecule has 1 aromatic heterocycles. The van der Waals surface area contributed by atoms with E-state index in [1.165, 1.54) is 11.3 Å². The summed E-state index contributed by atoms with van der Waals surface area (Å²) in [6, 6.07) is 5.68. The van der Waals surface area contributed by atoms with Gasteiger partial charge in [-0.25, -0.2) is 0 Å². The zero-order chi connectivity index (χ0) is 14.7. The topological polar surface area (TPSA) is 67.6 Å². The van der Waals surface area contributed by atoms with Gasteiger partial charge in [-0.15, -0.1) is 11.3 Å². The number of methoxy groups -OCH3 is 1. The molecule has 0 spiro atoms. The highest BCUT2D eigenvalue weighted by molar-refractivity contribution is 7.21. The van der Waals surface area contributed by atoms with Gasteiger partial charge in [-0.05, 0) is 26.2 Å². The Hall–Kier alpha value is -1.79. The summed E-state index contributed by atoms with van der Waals surface area (Å²) in [4.78, 5) is 14.7. The van der Waals surface area contributed by atoms with Gasteiger partial charge in [0.1, 0.15) is 10.6 Å². The number of benzene rings is 1. The van der Waals surface area contributed by atoms with E-state index in [1.807, 2.05) is 37.2 Å². The Morgan fingerprint density at radius 2 is 2.20 bits per heavy atom. The standard InChI is InChI=1S/C14H19N3O2S/c1-17(2)8-7-16-14(18)13-12(15)11-9(19-3)5-4-6-10(11)20-13/h4-6H,7-8,15H2,1-3H3,(H,16,18). The molecule has 3 N–H and O–H groups in total. The Labute approximate surface area is 122 Å². The third-order valence-corrected chi connectivity index (χ3v) is 4.15. The van der Waals surface area contributed by atoms with Crippen molar-refractivity contribution in [2.24, 2.45) is 0 Å². The minimum atomic E-state index is -0.132. The summed E-state index contributed by atoms with van der Waals surface area (Å²) in [7, 11) is 5.53. The van der Waals surface area contributed by atoms with Crippen LogP contribution in [-0.4, -0.2) is 45.1 Å². The Morgan fingerprint density at radius 3 is 2.85 bits per heavy atom. The molecule has 0 aliphatic heterocycles. The lowest BCUT2D eigenvalue weighted by atomic mass is 10.2. The van der Waals surface area contributed by atoms with E-state index in [2.05, 4.69) is 5.32 Å². The lowest BCUT2D eigenvalue weighted by molar-refractivity contribution is 0.0956. The zero-order valence-corrected chi connectivity index (χ0v) is 12.7. The first-order valence-corrected chi connectivity index (χ1v) is 7.14. The van der Waals surface area contributed by atoms with Crippen molar-refractivity contribution in [2.45, 2.75) is 0 Å². The highest BCUT2D eigenvalue weighted by Gasteiger charge is 2.18. The summed E-state index contributed by atoms with van der Waals surface area (Å²) >= 11 is 1.39. The molecule has 0 aliphatic rings. The molecule has 6 heteroatoms. The number of anilines is 1. The van der Waals surface area contributed by atoms with E-state index in [9.17, 15) is 4.79 Å². The molecule has 0 saturated heterocycles. The average molecular weight is 293 g/mol. The van der Waals surface area contributed by atoms with Gasteiger partial charge in [-0.3, -0.25) is 4.79 Å². The van der Waals surface area contributed by atoms with E-state index in [0.717, 1.165) is 16.6 Å². The predicted molar refractivity (Wildman–Crippen MR) is 83.7 cm³/mol. The van der Waals surface area contributed by atoms with Crippen molar-refractivity contribution < 1.29 is 9.53 Å². The number of carbonyl (C=O) groups is 1. The number of rotatable bonds is 5. The molecule has 1 amide bonds. The number of nitrogens with one attached hydrogen (secondary N) is 1. The van der Waals surface area contributed by atoms with Gasteiger partial charge in [-0.1, -0.05) is 6.07 Å². The van der Waals surface area contributed by atoms with Crippen LogP contribution in [-0.2, 0) is 0 Å². The van der Waals surface area contributed by atoms with Gasteiger partial charge in [0.25, 0.3) is 5.91 Å². The molecule has 0 unspecified atom stereocenters. The number of ether oxygens (including phenoxy) is 1. The van der Waals surface area contributed by atoms with Crippen molar-refractivity contribution in [3.05, 3.63) is 23.1 Å². The molecule has 1 aromatic carbocycles. The zero-order valence-electron chi connectivity index (χ0n) is 11.9.